The smallest absolute Gasteiger partial charge is 0.319 e. The van der Waals surface area contributed by atoms with Gasteiger partial charge in [0.1, 0.15) is 16.2 Å². The summed E-state index contributed by atoms with van der Waals surface area (Å²) in [5.74, 6) is -10.7. The molecule has 0 aliphatic rings. The molecule has 1 aromatic carbocycles. The average Bonchev–Trinajstić information content (AvgIpc) is 2.57. The zero-order valence-electron chi connectivity index (χ0n) is 12.8. The summed E-state index contributed by atoms with van der Waals surface area (Å²) >= 11 is 0. The number of amides is 2. The first-order valence-electron chi connectivity index (χ1n) is 6.84. The maximum Gasteiger partial charge on any atom is 0.319 e. The lowest BCUT2D eigenvalue weighted by atomic mass is 9.98. The van der Waals surface area contributed by atoms with E-state index in [1.165, 1.54) is 0 Å². The molecule has 0 aliphatic carbocycles. The zero-order valence-corrected chi connectivity index (χ0v) is 14.8. The monoisotopic (exact) mass is 356 g/mol. The van der Waals surface area contributed by atoms with Gasteiger partial charge >= 0.3 is 6.03 Å². The van der Waals surface area contributed by atoms with Crippen LogP contribution in [0.15, 0.2) is 0 Å². The molecule has 130 valence electrons. The van der Waals surface area contributed by atoms with E-state index >= 15 is 0 Å². The van der Waals surface area contributed by atoms with Crippen LogP contribution in [-0.2, 0) is 4.43 Å². The first-order valence-corrected chi connectivity index (χ1v) is 7.66. The van der Waals surface area contributed by atoms with Crippen LogP contribution in [0.1, 0.15) is 26.7 Å². The van der Waals surface area contributed by atoms with E-state index in [9.17, 15) is 26.7 Å². The Morgan fingerprint density at radius 2 is 1.43 bits per heavy atom. The second-order valence-corrected chi connectivity index (χ2v) is 5.26. The molecule has 0 unspecified atom stereocenters. The summed E-state index contributed by atoms with van der Waals surface area (Å²) in [6.07, 6.45) is 1.16. The summed E-state index contributed by atoms with van der Waals surface area (Å²) in [6, 6.07) is -1.10. The van der Waals surface area contributed by atoms with Crippen molar-refractivity contribution in [2.75, 3.05) is 11.9 Å². The van der Waals surface area contributed by atoms with Crippen LogP contribution in [0.2, 0.25) is 0 Å². The van der Waals surface area contributed by atoms with Gasteiger partial charge in [0.25, 0.3) is 0 Å². The summed E-state index contributed by atoms with van der Waals surface area (Å²) in [4.78, 5) is 11.7. The minimum absolute atomic E-state index is 0.0325. The molecule has 0 aliphatic heterocycles. The molecule has 0 saturated carbocycles. The Balaban J connectivity index is 2.91. The van der Waals surface area contributed by atoms with Crippen LogP contribution in [0, 0.1) is 29.1 Å². The van der Waals surface area contributed by atoms with Crippen LogP contribution in [0.5, 0.6) is 0 Å². The van der Waals surface area contributed by atoms with Gasteiger partial charge in [-0.3, -0.25) is 0 Å². The molecule has 0 radical (unpaired) electrons. The lowest BCUT2D eigenvalue weighted by molar-refractivity contribution is 0.0734. The van der Waals surface area contributed by atoms with Gasteiger partial charge in [-0.05, 0) is 12.8 Å². The molecular formula is C13H17F5N2O2Si. The molecule has 1 rings (SSSR count). The van der Waals surface area contributed by atoms with E-state index in [4.69, 9.17) is 4.43 Å². The Morgan fingerprint density at radius 1 is 1.00 bits per heavy atom. The molecule has 2 N–H and O–H groups in total. The molecule has 0 saturated heterocycles. The fourth-order valence-corrected chi connectivity index (χ4v) is 2.70. The highest BCUT2D eigenvalue weighted by atomic mass is 28.2. The third kappa shape index (κ3) is 3.99. The van der Waals surface area contributed by atoms with E-state index in [1.54, 1.807) is 5.32 Å². The molecule has 0 bridgehead atoms. The molecule has 0 heterocycles. The van der Waals surface area contributed by atoms with E-state index < -0.39 is 46.4 Å². The van der Waals surface area contributed by atoms with E-state index in [0.717, 1.165) is 0 Å². The normalized spacial score (nSPS) is 11.6. The van der Waals surface area contributed by atoms with E-state index in [2.05, 4.69) is 5.32 Å². The van der Waals surface area contributed by atoms with Crippen LogP contribution in [-0.4, -0.2) is 28.7 Å². The Kier molecular flexibility index (Phi) is 6.51. The molecule has 0 fully saturated rings. The van der Waals surface area contributed by atoms with Gasteiger partial charge < -0.3 is 15.1 Å². The van der Waals surface area contributed by atoms with Gasteiger partial charge in [-0.25, -0.2) is 26.7 Å². The third-order valence-corrected chi connectivity index (χ3v) is 4.61. The van der Waals surface area contributed by atoms with Crippen molar-refractivity contribution in [2.24, 2.45) is 0 Å². The lowest BCUT2D eigenvalue weighted by Crippen LogP contribution is -2.45. The van der Waals surface area contributed by atoms with Crippen molar-refractivity contribution in [1.82, 2.24) is 5.32 Å². The van der Waals surface area contributed by atoms with Crippen molar-refractivity contribution in [2.45, 2.75) is 32.3 Å². The van der Waals surface area contributed by atoms with Gasteiger partial charge in [-0.1, -0.05) is 13.8 Å². The Bertz CT molecular complexity index is 559. The van der Waals surface area contributed by atoms with Gasteiger partial charge in [0.2, 0.25) is 5.82 Å². The molecule has 1 aromatic rings. The summed E-state index contributed by atoms with van der Waals surface area (Å²) in [5.41, 5.74) is -2.02. The molecule has 0 aromatic heterocycles. The van der Waals surface area contributed by atoms with Crippen LogP contribution in [0.25, 0.3) is 0 Å². The van der Waals surface area contributed by atoms with Crippen LogP contribution < -0.4 is 10.6 Å². The Morgan fingerprint density at radius 3 is 1.83 bits per heavy atom. The summed E-state index contributed by atoms with van der Waals surface area (Å²) in [6.45, 7) is 3.71. The number of hydrogen-bond donors (Lipinski definition) is 2. The Hall–Kier alpha value is -1.68. The first kappa shape index (κ1) is 19.4. The average molecular weight is 356 g/mol. The molecule has 10 heteroatoms. The maximum absolute atomic E-state index is 13.5. The molecule has 0 atom stereocenters. The number of nitrogens with one attached hydrogen (secondary N) is 2. The predicted octanol–water partition coefficient (Wildman–Crippen LogP) is 2.36. The largest absolute Gasteiger partial charge is 0.421 e. The number of rotatable bonds is 6. The van der Waals surface area contributed by atoms with Crippen molar-refractivity contribution < 1.29 is 31.2 Å². The minimum atomic E-state index is -2.29. The van der Waals surface area contributed by atoms with Gasteiger partial charge in [0.05, 0.1) is 5.60 Å². The summed E-state index contributed by atoms with van der Waals surface area (Å²) in [5, 5.41) is 3.95. The molecule has 23 heavy (non-hydrogen) atoms. The fourth-order valence-electron chi connectivity index (χ4n) is 1.97. The highest BCUT2D eigenvalue weighted by Gasteiger charge is 2.28. The minimum Gasteiger partial charge on any atom is -0.421 e. The molecule has 2 amide bonds. The van der Waals surface area contributed by atoms with Crippen molar-refractivity contribution in [3.05, 3.63) is 29.1 Å². The van der Waals surface area contributed by atoms with E-state index in [-0.39, 0.29) is 6.54 Å². The van der Waals surface area contributed by atoms with Gasteiger partial charge in [-0.15, -0.1) is 0 Å². The second-order valence-electron chi connectivity index (χ2n) is 4.85. The SMILES string of the molecule is CCC(CC)(CNC(=O)Nc1c(F)c(F)c(F)c(F)c1F)O[SiH3]. The van der Waals surface area contributed by atoms with Crippen LogP contribution in [0.3, 0.4) is 0 Å². The topological polar surface area (TPSA) is 50.4 Å². The highest BCUT2D eigenvalue weighted by molar-refractivity contribution is 5.98. The van der Waals surface area contributed by atoms with Crippen molar-refractivity contribution in [1.29, 1.82) is 0 Å². The van der Waals surface area contributed by atoms with Crippen molar-refractivity contribution >= 4 is 22.2 Å². The predicted molar refractivity (Wildman–Crippen MR) is 77.6 cm³/mol. The standard InChI is InChI=1S/C13H17F5N2O2Si/c1-3-13(4-2,22-23)5-19-12(21)20-11-9(17)7(15)6(14)8(16)10(11)18/h3-5H2,1-2,23H3,(H2,19,20,21). The Labute approximate surface area is 132 Å². The molecule has 4 nitrogen and oxygen atoms in total. The van der Waals surface area contributed by atoms with E-state index in [1.807, 2.05) is 13.8 Å². The quantitative estimate of drug-likeness (QED) is 0.356. The zero-order chi connectivity index (χ0) is 17.8. The van der Waals surface area contributed by atoms with Crippen LogP contribution >= 0.6 is 0 Å². The van der Waals surface area contributed by atoms with Gasteiger partial charge in [0.15, 0.2) is 23.3 Å². The number of anilines is 1. The number of urea groups is 1. The number of carbonyl (C=O) groups is 1. The summed E-state index contributed by atoms with van der Waals surface area (Å²) < 4.78 is 71.3. The second kappa shape index (κ2) is 7.73. The number of halogens is 5. The highest BCUT2D eigenvalue weighted by Crippen LogP contribution is 2.27. The van der Waals surface area contributed by atoms with E-state index in [0.29, 0.717) is 23.3 Å². The lowest BCUT2D eigenvalue weighted by Gasteiger charge is -2.31. The number of carbonyl (C=O) groups excluding carboxylic acids is 1. The summed E-state index contributed by atoms with van der Waals surface area (Å²) in [7, 11) is 0.414. The maximum atomic E-state index is 13.5. The van der Waals surface area contributed by atoms with Crippen molar-refractivity contribution in [3.63, 3.8) is 0 Å². The molecular weight excluding hydrogens is 339 g/mol. The van der Waals surface area contributed by atoms with Crippen molar-refractivity contribution in [3.8, 4) is 0 Å². The fraction of sp³-hybridized carbons (Fsp3) is 0.462. The van der Waals surface area contributed by atoms with Gasteiger partial charge in [0, 0.05) is 6.54 Å². The third-order valence-electron chi connectivity index (χ3n) is 3.74. The number of benzene rings is 1. The molecule has 0 spiro atoms. The number of hydrogen-bond acceptors (Lipinski definition) is 2. The van der Waals surface area contributed by atoms with Crippen LogP contribution in [0.4, 0.5) is 32.4 Å². The first-order chi connectivity index (χ1) is 10.7. The van der Waals surface area contributed by atoms with Gasteiger partial charge in [-0.2, -0.15) is 0 Å².